The fourth-order valence-corrected chi connectivity index (χ4v) is 2.70. The summed E-state index contributed by atoms with van der Waals surface area (Å²) in [4.78, 5) is 25.1. The van der Waals surface area contributed by atoms with Gasteiger partial charge < -0.3 is 10.1 Å². The first-order valence-electron chi connectivity index (χ1n) is 9.13. The number of ether oxygens (including phenoxy) is 1. The quantitative estimate of drug-likeness (QED) is 0.488. The number of carbonyl (C=O) groups excluding carboxylic acids is 2. The predicted molar refractivity (Wildman–Crippen MR) is 111 cm³/mol. The van der Waals surface area contributed by atoms with Crippen LogP contribution in [0.4, 0.5) is 5.69 Å². The lowest BCUT2D eigenvalue weighted by molar-refractivity contribution is 0.0734. The predicted octanol–water partition coefficient (Wildman–Crippen LogP) is 5.46. The van der Waals surface area contributed by atoms with Gasteiger partial charge in [-0.15, -0.1) is 0 Å². The molecule has 0 bridgehead atoms. The molecular formula is C24H23NO3. The summed E-state index contributed by atoms with van der Waals surface area (Å²) in [5.74, 6) is -0.422. The summed E-state index contributed by atoms with van der Waals surface area (Å²) in [6.07, 6.45) is 0. The highest BCUT2D eigenvalue weighted by atomic mass is 16.5. The van der Waals surface area contributed by atoms with Crippen molar-refractivity contribution in [1.82, 2.24) is 0 Å². The number of esters is 1. The van der Waals surface area contributed by atoms with E-state index in [0.717, 1.165) is 5.56 Å². The highest BCUT2D eigenvalue weighted by Crippen LogP contribution is 2.32. The zero-order valence-electron chi connectivity index (χ0n) is 16.2. The molecule has 0 spiro atoms. The molecule has 0 saturated heterocycles. The molecule has 0 aliphatic rings. The van der Waals surface area contributed by atoms with E-state index in [1.807, 2.05) is 24.3 Å². The summed E-state index contributed by atoms with van der Waals surface area (Å²) in [5.41, 5.74) is 2.35. The third-order valence-electron chi connectivity index (χ3n) is 4.34. The Morgan fingerprint density at radius 3 is 1.93 bits per heavy atom. The summed E-state index contributed by atoms with van der Waals surface area (Å²) < 4.78 is 5.58. The number of amides is 1. The molecule has 3 aromatic rings. The van der Waals surface area contributed by atoms with Gasteiger partial charge >= 0.3 is 5.97 Å². The molecule has 1 N–H and O–H groups in total. The highest BCUT2D eigenvalue weighted by molar-refractivity contribution is 6.05. The van der Waals surface area contributed by atoms with Crippen molar-refractivity contribution in [2.75, 3.05) is 5.32 Å². The van der Waals surface area contributed by atoms with Crippen molar-refractivity contribution in [3.63, 3.8) is 0 Å². The second-order valence-corrected chi connectivity index (χ2v) is 7.54. The average molecular weight is 373 g/mol. The Balaban J connectivity index is 1.92. The molecule has 0 fully saturated rings. The lowest BCUT2D eigenvalue weighted by Crippen LogP contribution is -2.17. The number of carbonyl (C=O) groups is 2. The monoisotopic (exact) mass is 373 g/mol. The van der Waals surface area contributed by atoms with Gasteiger partial charge in [0.1, 0.15) is 0 Å². The van der Waals surface area contributed by atoms with Crippen molar-refractivity contribution in [3.05, 3.63) is 95.6 Å². The van der Waals surface area contributed by atoms with E-state index in [1.54, 1.807) is 54.6 Å². The molecule has 0 radical (unpaired) electrons. The molecule has 0 aliphatic heterocycles. The van der Waals surface area contributed by atoms with Crippen LogP contribution in [0.15, 0.2) is 78.9 Å². The van der Waals surface area contributed by atoms with Crippen LogP contribution in [-0.2, 0) is 5.41 Å². The van der Waals surface area contributed by atoms with Crippen molar-refractivity contribution in [2.45, 2.75) is 26.2 Å². The average Bonchev–Trinajstić information content (AvgIpc) is 2.69. The van der Waals surface area contributed by atoms with Crippen molar-refractivity contribution in [1.29, 1.82) is 0 Å². The van der Waals surface area contributed by atoms with Crippen LogP contribution in [-0.4, -0.2) is 11.9 Å². The number of nitrogens with one attached hydrogen (secondary N) is 1. The van der Waals surface area contributed by atoms with Gasteiger partial charge in [-0.25, -0.2) is 4.79 Å². The fourth-order valence-electron chi connectivity index (χ4n) is 2.70. The zero-order valence-corrected chi connectivity index (χ0v) is 16.2. The van der Waals surface area contributed by atoms with Gasteiger partial charge in [0, 0.05) is 5.56 Å². The number of hydrogen-bond donors (Lipinski definition) is 1. The van der Waals surface area contributed by atoms with Gasteiger partial charge in [0.15, 0.2) is 5.75 Å². The minimum Gasteiger partial charge on any atom is -0.421 e. The number of anilines is 1. The highest BCUT2D eigenvalue weighted by Gasteiger charge is 2.19. The third kappa shape index (κ3) is 4.65. The van der Waals surface area contributed by atoms with E-state index in [4.69, 9.17) is 4.74 Å². The molecule has 3 aromatic carbocycles. The molecule has 142 valence electrons. The van der Waals surface area contributed by atoms with E-state index in [2.05, 4.69) is 26.1 Å². The minimum absolute atomic E-state index is 0.117. The van der Waals surface area contributed by atoms with Crippen molar-refractivity contribution < 1.29 is 14.3 Å². The first-order valence-corrected chi connectivity index (χ1v) is 9.13. The summed E-state index contributed by atoms with van der Waals surface area (Å²) in [6, 6.07) is 23.2. The molecule has 0 heterocycles. The minimum atomic E-state index is -0.473. The van der Waals surface area contributed by atoms with Crippen molar-refractivity contribution >= 4 is 17.6 Å². The van der Waals surface area contributed by atoms with Crippen LogP contribution >= 0.6 is 0 Å². The normalized spacial score (nSPS) is 11.0. The number of rotatable bonds is 4. The Hall–Kier alpha value is -3.40. The lowest BCUT2D eigenvalue weighted by atomic mass is 9.87. The van der Waals surface area contributed by atoms with Crippen LogP contribution in [0.2, 0.25) is 0 Å². The van der Waals surface area contributed by atoms with Gasteiger partial charge in [0.25, 0.3) is 5.91 Å². The Morgan fingerprint density at radius 1 is 0.786 bits per heavy atom. The topological polar surface area (TPSA) is 55.4 Å². The van der Waals surface area contributed by atoms with E-state index in [9.17, 15) is 9.59 Å². The summed E-state index contributed by atoms with van der Waals surface area (Å²) in [5, 5.41) is 2.88. The van der Waals surface area contributed by atoms with Crippen LogP contribution in [0.25, 0.3) is 0 Å². The summed E-state index contributed by atoms with van der Waals surface area (Å²) in [7, 11) is 0. The Bertz CT molecular complexity index is 974. The van der Waals surface area contributed by atoms with E-state index in [1.165, 1.54) is 0 Å². The lowest BCUT2D eigenvalue weighted by Gasteiger charge is -2.21. The molecule has 0 aromatic heterocycles. The maximum Gasteiger partial charge on any atom is 0.343 e. The van der Waals surface area contributed by atoms with E-state index < -0.39 is 5.97 Å². The van der Waals surface area contributed by atoms with E-state index in [-0.39, 0.29) is 11.3 Å². The Labute approximate surface area is 165 Å². The van der Waals surface area contributed by atoms with Gasteiger partial charge in [-0.3, -0.25) is 4.79 Å². The molecule has 4 nitrogen and oxygen atoms in total. The molecular weight excluding hydrogens is 350 g/mol. The van der Waals surface area contributed by atoms with Crippen LogP contribution in [0.1, 0.15) is 47.1 Å². The molecule has 0 aliphatic carbocycles. The Kier molecular flexibility index (Phi) is 5.59. The van der Waals surface area contributed by atoms with Crippen LogP contribution in [0.3, 0.4) is 0 Å². The largest absolute Gasteiger partial charge is 0.421 e. The standard InChI is InChI=1S/C24H23NO3/c1-24(2,3)19-14-15-21(28-23(27)18-12-8-5-9-13-18)20(16-19)25-22(26)17-10-6-4-7-11-17/h4-16H,1-3H3,(H,25,26). The molecule has 1 amide bonds. The number of hydrogen-bond acceptors (Lipinski definition) is 3. The van der Waals surface area contributed by atoms with Gasteiger partial charge in [-0.1, -0.05) is 63.2 Å². The molecule has 4 heteroatoms. The SMILES string of the molecule is CC(C)(C)c1ccc(OC(=O)c2ccccc2)c(NC(=O)c2ccccc2)c1. The number of benzene rings is 3. The van der Waals surface area contributed by atoms with Crippen LogP contribution in [0, 0.1) is 0 Å². The summed E-state index contributed by atoms with van der Waals surface area (Å²) >= 11 is 0. The molecule has 0 saturated carbocycles. The van der Waals surface area contributed by atoms with E-state index >= 15 is 0 Å². The second kappa shape index (κ2) is 8.09. The van der Waals surface area contributed by atoms with Gasteiger partial charge in [-0.05, 0) is 47.4 Å². The van der Waals surface area contributed by atoms with Crippen LogP contribution < -0.4 is 10.1 Å². The molecule has 3 rings (SSSR count). The smallest absolute Gasteiger partial charge is 0.343 e. The van der Waals surface area contributed by atoms with Crippen molar-refractivity contribution in [2.24, 2.45) is 0 Å². The maximum atomic E-state index is 12.6. The third-order valence-corrected chi connectivity index (χ3v) is 4.34. The molecule has 28 heavy (non-hydrogen) atoms. The van der Waals surface area contributed by atoms with Gasteiger partial charge in [0.05, 0.1) is 11.3 Å². The molecule has 0 unspecified atom stereocenters. The second-order valence-electron chi connectivity index (χ2n) is 7.54. The summed E-state index contributed by atoms with van der Waals surface area (Å²) in [6.45, 7) is 6.25. The maximum absolute atomic E-state index is 12.6. The van der Waals surface area contributed by atoms with Gasteiger partial charge in [-0.2, -0.15) is 0 Å². The van der Waals surface area contributed by atoms with Gasteiger partial charge in [0.2, 0.25) is 0 Å². The zero-order chi connectivity index (χ0) is 20.1. The molecule has 0 atom stereocenters. The Morgan fingerprint density at radius 2 is 1.36 bits per heavy atom. The fraction of sp³-hybridized carbons (Fsp3) is 0.167. The first-order chi connectivity index (χ1) is 13.3. The van der Waals surface area contributed by atoms with Crippen LogP contribution in [0.5, 0.6) is 5.75 Å². The van der Waals surface area contributed by atoms with E-state index in [0.29, 0.717) is 22.6 Å². The first kappa shape index (κ1) is 19.4. The van der Waals surface area contributed by atoms with Crippen molar-refractivity contribution in [3.8, 4) is 5.75 Å².